The van der Waals surface area contributed by atoms with Crippen molar-refractivity contribution in [3.8, 4) is 6.01 Å². The van der Waals surface area contributed by atoms with E-state index in [9.17, 15) is 10.1 Å². The number of rotatable bonds is 3. The van der Waals surface area contributed by atoms with Crippen LogP contribution < -0.4 is 10.6 Å². The normalized spacial score (nSPS) is 24.8. The number of nitrogens with zero attached hydrogens (tertiary/aromatic N) is 5. The molecule has 0 aromatic carbocycles. The standard InChI is InChI=1S/C11H18N6O3.2ClH/c1-11(7-14-2-4-16(12)5-3-14)8-15-6-9(17(18)19)13-10(15)20-11;;/h6H,2-5,7-8,12H2,1H3;2*1H/t11-;;/m0../s1. The lowest BCUT2D eigenvalue weighted by atomic mass is 10.1. The van der Waals surface area contributed by atoms with Crippen molar-refractivity contribution >= 4 is 30.6 Å². The van der Waals surface area contributed by atoms with Gasteiger partial charge in [-0.05, 0) is 11.8 Å². The second-order valence-electron chi connectivity index (χ2n) is 5.63. The summed E-state index contributed by atoms with van der Waals surface area (Å²) in [6.07, 6.45) is 1.43. The molecule has 9 nitrogen and oxygen atoms in total. The average Bonchev–Trinajstić information content (AvgIpc) is 2.87. The Morgan fingerprint density at radius 1 is 1.41 bits per heavy atom. The molecule has 2 aliphatic heterocycles. The van der Waals surface area contributed by atoms with Crippen LogP contribution in [0, 0.1) is 10.1 Å². The van der Waals surface area contributed by atoms with Gasteiger partial charge in [-0.15, -0.1) is 24.8 Å². The van der Waals surface area contributed by atoms with Gasteiger partial charge in [-0.1, -0.05) is 0 Å². The summed E-state index contributed by atoms with van der Waals surface area (Å²) >= 11 is 0. The van der Waals surface area contributed by atoms with Crippen molar-refractivity contribution in [2.45, 2.75) is 19.1 Å². The summed E-state index contributed by atoms with van der Waals surface area (Å²) in [5, 5.41) is 12.5. The molecule has 1 aromatic heterocycles. The molecule has 1 atom stereocenters. The second-order valence-corrected chi connectivity index (χ2v) is 5.63. The van der Waals surface area contributed by atoms with E-state index in [0.717, 1.165) is 32.7 Å². The van der Waals surface area contributed by atoms with Gasteiger partial charge in [0.15, 0.2) is 0 Å². The average molecular weight is 355 g/mol. The van der Waals surface area contributed by atoms with Crippen LogP contribution in [-0.4, -0.2) is 62.7 Å². The van der Waals surface area contributed by atoms with Crippen molar-refractivity contribution in [1.29, 1.82) is 0 Å². The van der Waals surface area contributed by atoms with Crippen LogP contribution in [0.1, 0.15) is 6.92 Å². The van der Waals surface area contributed by atoms with Crippen LogP contribution in [0.4, 0.5) is 5.82 Å². The number of halogens is 2. The molecule has 1 saturated heterocycles. The third-order valence-electron chi connectivity index (χ3n) is 3.72. The van der Waals surface area contributed by atoms with E-state index in [-0.39, 0.29) is 30.6 Å². The van der Waals surface area contributed by atoms with Crippen LogP contribution in [0.15, 0.2) is 6.20 Å². The fraction of sp³-hybridized carbons (Fsp3) is 0.727. The molecule has 1 aromatic rings. The SMILES string of the molecule is C[C@]1(CN2CCN(N)CC2)Cn2cc([N+](=O)[O-])nc2O1.Cl.Cl. The topological polar surface area (TPSA) is 103 Å². The largest absolute Gasteiger partial charge is 0.436 e. The zero-order valence-electron chi connectivity index (χ0n) is 12.2. The van der Waals surface area contributed by atoms with E-state index in [1.54, 1.807) is 4.57 Å². The fourth-order valence-corrected chi connectivity index (χ4v) is 2.76. The molecule has 3 rings (SSSR count). The van der Waals surface area contributed by atoms with E-state index in [2.05, 4.69) is 9.88 Å². The first-order valence-corrected chi connectivity index (χ1v) is 6.58. The number of nitro groups is 1. The Hall–Kier alpha value is -1.13. The highest BCUT2D eigenvalue weighted by Crippen LogP contribution is 2.31. The summed E-state index contributed by atoms with van der Waals surface area (Å²) in [6.45, 7) is 6.82. The van der Waals surface area contributed by atoms with Crippen molar-refractivity contribution < 1.29 is 9.66 Å². The van der Waals surface area contributed by atoms with E-state index in [0.29, 0.717) is 12.6 Å². The third-order valence-corrected chi connectivity index (χ3v) is 3.72. The molecule has 126 valence electrons. The summed E-state index contributed by atoms with van der Waals surface area (Å²) < 4.78 is 7.52. The van der Waals surface area contributed by atoms with Gasteiger partial charge in [0.2, 0.25) is 0 Å². The highest BCUT2D eigenvalue weighted by atomic mass is 35.5. The van der Waals surface area contributed by atoms with Crippen LogP contribution in [0.5, 0.6) is 6.01 Å². The monoisotopic (exact) mass is 354 g/mol. The van der Waals surface area contributed by atoms with Crippen molar-refractivity contribution in [1.82, 2.24) is 19.5 Å². The first-order chi connectivity index (χ1) is 9.45. The predicted octanol–water partition coefficient (Wildman–Crippen LogP) is 0.277. The van der Waals surface area contributed by atoms with Crippen LogP contribution in [0.3, 0.4) is 0 Å². The quantitative estimate of drug-likeness (QED) is 0.472. The minimum Gasteiger partial charge on any atom is -0.436 e. The molecular weight excluding hydrogens is 335 g/mol. The molecule has 3 heterocycles. The number of hydrogen-bond acceptors (Lipinski definition) is 7. The molecule has 1 fully saturated rings. The number of nitrogens with two attached hydrogens (primary N) is 1. The zero-order chi connectivity index (χ0) is 14.3. The van der Waals surface area contributed by atoms with Gasteiger partial charge in [-0.2, -0.15) is 0 Å². The van der Waals surface area contributed by atoms with E-state index < -0.39 is 10.5 Å². The number of piperazine rings is 1. The molecule has 0 bridgehead atoms. The van der Waals surface area contributed by atoms with Crippen molar-refractivity contribution in [2.24, 2.45) is 5.84 Å². The van der Waals surface area contributed by atoms with Gasteiger partial charge in [0, 0.05) is 37.7 Å². The van der Waals surface area contributed by atoms with Crippen molar-refractivity contribution in [3.05, 3.63) is 16.3 Å². The van der Waals surface area contributed by atoms with E-state index in [1.165, 1.54) is 6.20 Å². The summed E-state index contributed by atoms with van der Waals surface area (Å²) in [5.74, 6) is 5.57. The molecule has 0 unspecified atom stereocenters. The van der Waals surface area contributed by atoms with Gasteiger partial charge in [0.05, 0.1) is 6.54 Å². The van der Waals surface area contributed by atoms with E-state index in [1.807, 2.05) is 11.9 Å². The molecule has 2 aliphatic rings. The zero-order valence-corrected chi connectivity index (χ0v) is 13.8. The Kier molecular flexibility index (Phi) is 5.99. The minimum atomic E-state index is -0.507. The number of aromatic nitrogens is 2. The lowest BCUT2D eigenvalue weighted by molar-refractivity contribution is -0.389. The lowest BCUT2D eigenvalue weighted by Gasteiger charge is -2.36. The maximum atomic E-state index is 10.7. The Morgan fingerprint density at radius 2 is 2.05 bits per heavy atom. The summed E-state index contributed by atoms with van der Waals surface area (Å²) in [7, 11) is 0. The molecule has 0 amide bonds. The first kappa shape index (κ1) is 18.9. The minimum absolute atomic E-state index is 0. The van der Waals surface area contributed by atoms with Crippen LogP contribution in [0.2, 0.25) is 0 Å². The molecule has 0 aliphatic carbocycles. The Balaban J connectivity index is 0.00000121. The third kappa shape index (κ3) is 3.79. The Morgan fingerprint density at radius 3 is 2.59 bits per heavy atom. The van der Waals surface area contributed by atoms with Gasteiger partial charge in [-0.25, -0.2) is 5.01 Å². The maximum Gasteiger partial charge on any atom is 0.415 e. The van der Waals surface area contributed by atoms with Crippen molar-refractivity contribution in [3.63, 3.8) is 0 Å². The second kappa shape index (κ2) is 6.97. The highest BCUT2D eigenvalue weighted by molar-refractivity contribution is 5.85. The van der Waals surface area contributed by atoms with Crippen LogP contribution in [0.25, 0.3) is 0 Å². The molecular formula is C11H20Cl2N6O3. The smallest absolute Gasteiger partial charge is 0.415 e. The molecule has 22 heavy (non-hydrogen) atoms. The first-order valence-electron chi connectivity index (χ1n) is 6.58. The molecule has 11 heteroatoms. The van der Waals surface area contributed by atoms with Gasteiger partial charge in [-0.3, -0.25) is 15.3 Å². The molecule has 2 N–H and O–H groups in total. The summed E-state index contributed by atoms with van der Waals surface area (Å²) in [5.41, 5.74) is -0.395. The predicted molar refractivity (Wildman–Crippen MR) is 84.6 cm³/mol. The lowest BCUT2D eigenvalue weighted by Crippen LogP contribution is -2.54. The van der Waals surface area contributed by atoms with Gasteiger partial charge in [0.25, 0.3) is 0 Å². The maximum absolute atomic E-state index is 10.7. The fourth-order valence-electron chi connectivity index (χ4n) is 2.76. The number of fused-ring (bicyclic) bond motifs is 1. The van der Waals surface area contributed by atoms with Crippen LogP contribution >= 0.6 is 24.8 Å². The van der Waals surface area contributed by atoms with E-state index in [4.69, 9.17) is 10.6 Å². The molecule has 0 saturated carbocycles. The van der Waals surface area contributed by atoms with E-state index >= 15 is 0 Å². The van der Waals surface area contributed by atoms with Gasteiger partial charge < -0.3 is 14.9 Å². The Labute approximate surface area is 140 Å². The number of hydrazine groups is 1. The molecule has 0 spiro atoms. The highest BCUT2D eigenvalue weighted by Gasteiger charge is 2.41. The summed E-state index contributed by atoms with van der Waals surface area (Å²) in [6, 6.07) is 0.330. The number of hydrogen-bond donors (Lipinski definition) is 1. The summed E-state index contributed by atoms with van der Waals surface area (Å²) in [4.78, 5) is 16.3. The van der Waals surface area contributed by atoms with Gasteiger partial charge in [0.1, 0.15) is 11.8 Å². The number of ether oxygens (including phenoxy) is 1. The Bertz CT molecular complexity index is 508. The number of imidazole rings is 1. The molecule has 0 radical (unpaired) electrons. The van der Waals surface area contributed by atoms with Crippen LogP contribution in [-0.2, 0) is 6.54 Å². The van der Waals surface area contributed by atoms with Crippen molar-refractivity contribution in [2.75, 3.05) is 32.7 Å². The van der Waals surface area contributed by atoms with Gasteiger partial charge >= 0.3 is 11.8 Å².